The Morgan fingerprint density at radius 1 is 1.17 bits per heavy atom. The van der Waals surface area contributed by atoms with Crippen LogP contribution in [0.5, 0.6) is 0 Å². The first kappa shape index (κ1) is 13.9. The predicted molar refractivity (Wildman–Crippen MR) is 79.3 cm³/mol. The Hall–Kier alpha value is -0.530. The van der Waals surface area contributed by atoms with Gasteiger partial charge in [-0.3, -0.25) is 0 Å². The van der Waals surface area contributed by atoms with Crippen molar-refractivity contribution in [1.29, 1.82) is 0 Å². The van der Waals surface area contributed by atoms with Gasteiger partial charge in [-0.1, -0.05) is 56.9 Å². The standard InChI is InChI=1S/C16H24ClN/c1-2-3-4-5-8-11-18-16-14-10-7-6-9-13(14)12-15(16)17/h6-7,9-10,15-16,18H,2-5,8,11-12H2,1H3. The number of benzene rings is 1. The molecule has 0 saturated heterocycles. The Labute approximate surface area is 116 Å². The Morgan fingerprint density at radius 3 is 2.78 bits per heavy atom. The van der Waals surface area contributed by atoms with Gasteiger partial charge in [0.25, 0.3) is 0 Å². The minimum atomic E-state index is 0.220. The van der Waals surface area contributed by atoms with Crippen molar-refractivity contribution in [2.45, 2.75) is 56.9 Å². The monoisotopic (exact) mass is 265 g/mol. The molecule has 0 heterocycles. The average Bonchev–Trinajstić information content (AvgIpc) is 2.70. The van der Waals surface area contributed by atoms with Crippen LogP contribution in [-0.2, 0) is 6.42 Å². The van der Waals surface area contributed by atoms with Crippen LogP contribution in [0.1, 0.15) is 56.2 Å². The van der Waals surface area contributed by atoms with E-state index in [0.717, 1.165) is 13.0 Å². The number of unbranched alkanes of at least 4 members (excludes halogenated alkanes) is 4. The third kappa shape index (κ3) is 3.49. The van der Waals surface area contributed by atoms with E-state index in [0.29, 0.717) is 6.04 Å². The lowest BCUT2D eigenvalue weighted by Crippen LogP contribution is -2.26. The largest absolute Gasteiger partial charge is 0.309 e. The van der Waals surface area contributed by atoms with Crippen molar-refractivity contribution < 1.29 is 0 Å². The molecular formula is C16H24ClN. The molecular weight excluding hydrogens is 242 g/mol. The zero-order valence-electron chi connectivity index (χ0n) is 11.3. The molecule has 0 saturated carbocycles. The molecule has 18 heavy (non-hydrogen) atoms. The lowest BCUT2D eigenvalue weighted by molar-refractivity contribution is 0.507. The van der Waals surface area contributed by atoms with Crippen LogP contribution in [-0.4, -0.2) is 11.9 Å². The van der Waals surface area contributed by atoms with Gasteiger partial charge in [0, 0.05) is 6.04 Å². The van der Waals surface area contributed by atoms with Crippen molar-refractivity contribution >= 4 is 11.6 Å². The van der Waals surface area contributed by atoms with Gasteiger partial charge in [-0.05, 0) is 30.5 Å². The van der Waals surface area contributed by atoms with Gasteiger partial charge >= 0.3 is 0 Å². The van der Waals surface area contributed by atoms with E-state index in [1.807, 2.05) is 0 Å². The summed E-state index contributed by atoms with van der Waals surface area (Å²) in [4.78, 5) is 0. The first-order valence-corrected chi connectivity index (χ1v) is 7.72. The second-order valence-electron chi connectivity index (χ2n) is 5.26. The third-order valence-corrected chi connectivity index (χ3v) is 4.22. The summed E-state index contributed by atoms with van der Waals surface area (Å²) in [5.41, 5.74) is 2.83. The number of halogens is 1. The lowest BCUT2D eigenvalue weighted by atomic mass is 10.1. The van der Waals surface area contributed by atoms with Crippen molar-refractivity contribution in [2.24, 2.45) is 0 Å². The molecule has 0 amide bonds. The molecule has 1 aliphatic rings. The molecule has 2 rings (SSSR count). The fourth-order valence-corrected chi connectivity index (χ4v) is 3.16. The fraction of sp³-hybridized carbons (Fsp3) is 0.625. The summed E-state index contributed by atoms with van der Waals surface area (Å²) in [6, 6.07) is 8.99. The van der Waals surface area contributed by atoms with Gasteiger partial charge in [-0.25, -0.2) is 0 Å². The summed E-state index contributed by atoms with van der Waals surface area (Å²) in [7, 11) is 0. The van der Waals surface area contributed by atoms with E-state index in [9.17, 15) is 0 Å². The molecule has 100 valence electrons. The molecule has 0 fully saturated rings. The van der Waals surface area contributed by atoms with E-state index in [1.165, 1.54) is 43.2 Å². The highest BCUT2D eigenvalue weighted by atomic mass is 35.5. The van der Waals surface area contributed by atoms with Crippen molar-refractivity contribution in [3.05, 3.63) is 35.4 Å². The molecule has 2 heteroatoms. The minimum Gasteiger partial charge on any atom is -0.309 e. The predicted octanol–water partition coefficient (Wildman–Crippen LogP) is 4.45. The number of rotatable bonds is 7. The number of fused-ring (bicyclic) bond motifs is 1. The SMILES string of the molecule is CCCCCCCNC1c2ccccc2CC1Cl. The summed E-state index contributed by atoms with van der Waals surface area (Å²) in [6.45, 7) is 3.34. The quantitative estimate of drug-likeness (QED) is 0.567. The van der Waals surface area contributed by atoms with Gasteiger partial charge in [0.15, 0.2) is 0 Å². The van der Waals surface area contributed by atoms with Crippen LogP contribution in [0.4, 0.5) is 0 Å². The summed E-state index contributed by atoms with van der Waals surface area (Å²) in [5, 5.41) is 3.85. The van der Waals surface area contributed by atoms with Gasteiger partial charge < -0.3 is 5.32 Å². The molecule has 2 atom stereocenters. The zero-order valence-corrected chi connectivity index (χ0v) is 12.0. The summed E-state index contributed by atoms with van der Waals surface area (Å²) < 4.78 is 0. The molecule has 0 aliphatic heterocycles. The maximum Gasteiger partial charge on any atom is 0.0571 e. The van der Waals surface area contributed by atoms with Gasteiger partial charge in [-0.2, -0.15) is 0 Å². The van der Waals surface area contributed by atoms with Crippen LogP contribution < -0.4 is 5.32 Å². The lowest BCUT2D eigenvalue weighted by Gasteiger charge is -2.17. The average molecular weight is 266 g/mol. The van der Waals surface area contributed by atoms with Crippen LogP contribution in [0.2, 0.25) is 0 Å². The Kier molecular flexibility index (Phi) is 5.52. The van der Waals surface area contributed by atoms with Crippen LogP contribution >= 0.6 is 11.6 Å². The van der Waals surface area contributed by atoms with E-state index >= 15 is 0 Å². The molecule has 0 bridgehead atoms. The van der Waals surface area contributed by atoms with E-state index in [4.69, 9.17) is 11.6 Å². The van der Waals surface area contributed by atoms with Crippen LogP contribution in [0.3, 0.4) is 0 Å². The zero-order chi connectivity index (χ0) is 12.8. The Bertz CT molecular complexity index is 364. The van der Waals surface area contributed by atoms with Gasteiger partial charge in [0.2, 0.25) is 0 Å². The van der Waals surface area contributed by atoms with Crippen molar-refractivity contribution in [2.75, 3.05) is 6.54 Å². The second kappa shape index (κ2) is 7.16. The highest BCUT2D eigenvalue weighted by Gasteiger charge is 2.29. The number of hydrogen-bond acceptors (Lipinski definition) is 1. The first-order chi connectivity index (χ1) is 8.83. The molecule has 0 radical (unpaired) electrons. The van der Waals surface area contributed by atoms with Crippen molar-refractivity contribution in [1.82, 2.24) is 5.32 Å². The smallest absolute Gasteiger partial charge is 0.0571 e. The van der Waals surface area contributed by atoms with Crippen LogP contribution in [0.15, 0.2) is 24.3 Å². The van der Waals surface area contributed by atoms with E-state index in [2.05, 4.69) is 36.5 Å². The summed E-state index contributed by atoms with van der Waals surface area (Å²) in [5.74, 6) is 0. The number of nitrogens with one attached hydrogen (secondary N) is 1. The van der Waals surface area contributed by atoms with Crippen molar-refractivity contribution in [3.8, 4) is 0 Å². The maximum atomic E-state index is 6.44. The maximum absolute atomic E-state index is 6.44. The van der Waals surface area contributed by atoms with E-state index < -0.39 is 0 Å². The molecule has 1 N–H and O–H groups in total. The fourth-order valence-electron chi connectivity index (χ4n) is 2.77. The topological polar surface area (TPSA) is 12.0 Å². The van der Waals surface area contributed by atoms with E-state index in [1.54, 1.807) is 0 Å². The van der Waals surface area contributed by atoms with Crippen molar-refractivity contribution in [3.63, 3.8) is 0 Å². The summed E-state index contributed by atoms with van der Waals surface area (Å²) >= 11 is 6.44. The molecule has 0 spiro atoms. The number of hydrogen-bond donors (Lipinski definition) is 1. The molecule has 0 aromatic heterocycles. The highest BCUT2D eigenvalue weighted by molar-refractivity contribution is 6.21. The first-order valence-electron chi connectivity index (χ1n) is 7.28. The second-order valence-corrected chi connectivity index (χ2v) is 5.83. The van der Waals surface area contributed by atoms with Crippen LogP contribution in [0.25, 0.3) is 0 Å². The van der Waals surface area contributed by atoms with Gasteiger partial charge in [0.05, 0.1) is 5.38 Å². The Balaban J connectivity index is 1.76. The van der Waals surface area contributed by atoms with E-state index in [-0.39, 0.29) is 5.38 Å². The van der Waals surface area contributed by atoms with Gasteiger partial charge in [0.1, 0.15) is 0 Å². The minimum absolute atomic E-state index is 0.220. The molecule has 1 aliphatic carbocycles. The number of alkyl halides is 1. The normalized spacial score (nSPS) is 22.1. The molecule has 2 unspecified atom stereocenters. The Morgan fingerprint density at radius 2 is 1.94 bits per heavy atom. The molecule has 1 aromatic carbocycles. The highest BCUT2D eigenvalue weighted by Crippen LogP contribution is 2.34. The molecule has 1 aromatic rings. The summed E-state index contributed by atoms with van der Waals surface area (Å²) in [6.07, 6.45) is 7.65. The van der Waals surface area contributed by atoms with Gasteiger partial charge in [-0.15, -0.1) is 11.6 Å². The van der Waals surface area contributed by atoms with Crippen LogP contribution in [0, 0.1) is 0 Å². The third-order valence-electron chi connectivity index (χ3n) is 3.81. The molecule has 1 nitrogen and oxygen atoms in total.